The first-order valence-electron chi connectivity index (χ1n) is 9.30. The first-order valence-corrected chi connectivity index (χ1v) is 11.1. The van der Waals surface area contributed by atoms with Crippen LogP contribution in [0.15, 0.2) is 23.1 Å². The van der Waals surface area contributed by atoms with Crippen LogP contribution in [-0.2, 0) is 9.53 Å². The van der Waals surface area contributed by atoms with Gasteiger partial charge in [-0.25, -0.2) is 4.79 Å². The first-order chi connectivity index (χ1) is 13.8. The molecule has 6 nitrogen and oxygen atoms in total. The van der Waals surface area contributed by atoms with E-state index in [0.717, 1.165) is 16.2 Å². The van der Waals surface area contributed by atoms with Gasteiger partial charge in [-0.2, -0.15) is 0 Å². The molecule has 0 saturated heterocycles. The van der Waals surface area contributed by atoms with Crippen LogP contribution in [-0.4, -0.2) is 37.2 Å². The highest BCUT2D eigenvalue weighted by molar-refractivity contribution is 7.99. The van der Waals surface area contributed by atoms with Crippen molar-refractivity contribution >= 4 is 45.9 Å². The van der Waals surface area contributed by atoms with Gasteiger partial charge in [0.15, 0.2) is 0 Å². The summed E-state index contributed by atoms with van der Waals surface area (Å²) in [4.78, 5) is 38.4. The minimum Gasteiger partial charge on any atom is -0.462 e. The molecule has 29 heavy (non-hydrogen) atoms. The van der Waals surface area contributed by atoms with Crippen molar-refractivity contribution in [3.05, 3.63) is 45.3 Å². The molecule has 1 heterocycles. The largest absolute Gasteiger partial charge is 0.462 e. The van der Waals surface area contributed by atoms with E-state index < -0.39 is 5.97 Å². The van der Waals surface area contributed by atoms with E-state index in [1.807, 2.05) is 6.07 Å². The number of benzene rings is 1. The number of hydrogen-bond acceptors (Lipinski definition) is 6. The van der Waals surface area contributed by atoms with Crippen LogP contribution in [0.3, 0.4) is 0 Å². The van der Waals surface area contributed by atoms with E-state index >= 15 is 0 Å². The van der Waals surface area contributed by atoms with Gasteiger partial charge in [-0.3, -0.25) is 9.59 Å². The molecule has 0 radical (unpaired) electrons. The Labute approximate surface area is 179 Å². The lowest BCUT2D eigenvalue weighted by Crippen LogP contribution is -2.18. The Hall–Kier alpha value is -2.32. The molecule has 2 N–H and O–H groups in total. The molecule has 1 aromatic carbocycles. The number of thiophene rings is 1. The van der Waals surface area contributed by atoms with Crippen molar-refractivity contribution in [2.24, 2.45) is 0 Å². The number of nitrogens with one attached hydrogen (secondary N) is 2. The summed E-state index contributed by atoms with van der Waals surface area (Å²) in [5.74, 6) is -0.452. The van der Waals surface area contributed by atoms with Crippen LogP contribution in [0.25, 0.3) is 0 Å². The third kappa shape index (κ3) is 5.83. The third-order valence-electron chi connectivity index (χ3n) is 4.39. The molecule has 0 aliphatic heterocycles. The predicted octanol–water partition coefficient (Wildman–Crippen LogP) is 4.33. The van der Waals surface area contributed by atoms with Gasteiger partial charge in [-0.1, -0.05) is 6.07 Å². The van der Waals surface area contributed by atoms with E-state index in [9.17, 15) is 14.4 Å². The summed E-state index contributed by atoms with van der Waals surface area (Å²) in [5.41, 5.74) is 3.20. The van der Waals surface area contributed by atoms with Gasteiger partial charge < -0.3 is 15.4 Å². The summed E-state index contributed by atoms with van der Waals surface area (Å²) < 4.78 is 5.10. The Morgan fingerprint density at radius 3 is 2.48 bits per heavy atom. The molecular weight excluding hydrogens is 408 g/mol. The highest BCUT2D eigenvalue weighted by Gasteiger charge is 2.26. The number of carbonyl (C=O) groups is 3. The van der Waals surface area contributed by atoms with Crippen molar-refractivity contribution in [3.8, 4) is 0 Å². The number of carbonyl (C=O) groups excluding carboxylic acids is 3. The van der Waals surface area contributed by atoms with Crippen molar-refractivity contribution < 1.29 is 19.1 Å². The van der Waals surface area contributed by atoms with Crippen molar-refractivity contribution in [2.75, 3.05) is 24.7 Å². The van der Waals surface area contributed by atoms with Gasteiger partial charge in [0.1, 0.15) is 5.00 Å². The Morgan fingerprint density at radius 2 is 1.86 bits per heavy atom. The van der Waals surface area contributed by atoms with E-state index in [1.54, 1.807) is 25.6 Å². The molecule has 156 valence electrons. The fourth-order valence-electron chi connectivity index (χ4n) is 2.64. The summed E-state index contributed by atoms with van der Waals surface area (Å²) in [6.07, 6.45) is 0.284. The fourth-order valence-corrected chi connectivity index (χ4v) is 4.74. The zero-order valence-corrected chi connectivity index (χ0v) is 18.9. The van der Waals surface area contributed by atoms with E-state index in [-0.39, 0.29) is 30.4 Å². The normalized spacial score (nSPS) is 10.5. The van der Waals surface area contributed by atoms with Crippen LogP contribution in [0.1, 0.15) is 50.1 Å². The molecule has 2 amide bonds. The van der Waals surface area contributed by atoms with Gasteiger partial charge in [0.25, 0.3) is 5.91 Å². The minimum absolute atomic E-state index is 0.211. The van der Waals surface area contributed by atoms with Crippen LogP contribution in [0.4, 0.5) is 5.00 Å². The lowest BCUT2D eigenvalue weighted by molar-refractivity contribution is -0.115. The first kappa shape index (κ1) is 23.0. The van der Waals surface area contributed by atoms with Gasteiger partial charge in [0, 0.05) is 24.1 Å². The number of ether oxygens (including phenoxy) is 1. The molecule has 2 rings (SSSR count). The Bertz CT molecular complexity index is 922. The van der Waals surface area contributed by atoms with Gasteiger partial charge in [-0.05, 0) is 56.5 Å². The zero-order chi connectivity index (χ0) is 21.6. The zero-order valence-electron chi connectivity index (χ0n) is 17.3. The molecule has 0 aliphatic carbocycles. The Morgan fingerprint density at radius 1 is 1.14 bits per heavy atom. The number of hydrogen-bond donors (Lipinski definition) is 2. The summed E-state index contributed by atoms with van der Waals surface area (Å²) >= 11 is 2.69. The van der Waals surface area contributed by atoms with Gasteiger partial charge in [0.05, 0.1) is 17.0 Å². The Kier molecular flexibility index (Phi) is 8.28. The summed E-state index contributed by atoms with van der Waals surface area (Å²) in [7, 11) is 1.52. The summed E-state index contributed by atoms with van der Waals surface area (Å²) in [5, 5.41) is 5.68. The van der Waals surface area contributed by atoms with Gasteiger partial charge >= 0.3 is 5.97 Å². The maximum absolute atomic E-state index is 12.4. The second-order valence-electron chi connectivity index (χ2n) is 6.45. The smallest absolute Gasteiger partial charge is 0.341 e. The second kappa shape index (κ2) is 10.5. The standard InChI is InChI=1S/C21H26N2O4S2/c1-6-27-21(26)17-14(4)18(19(25)22-5)29-20(17)23-16(24)9-10-28-15-8-7-12(2)13(3)11-15/h7-8,11H,6,9-10H2,1-5H3,(H,22,25)(H,23,24). The van der Waals surface area contributed by atoms with Crippen LogP contribution in [0.5, 0.6) is 0 Å². The molecule has 0 bridgehead atoms. The molecule has 0 fully saturated rings. The third-order valence-corrected chi connectivity index (χ3v) is 6.59. The van der Waals surface area contributed by atoms with Gasteiger partial charge in [-0.15, -0.1) is 23.1 Å². The van der Waals surface area contributed by atoms with Crippen LogP contribution >= 0.6 is 23.1 Å². The van der Waals surface area contributed by atoms with Crippen molar-refractivity contribution in [1.82, 2.24) is 5.32 Å². The van der Waals surface area contributed by atoms with E-state index in [1.165, 1.54) is 18.2 Å². The Balaban J connectivity index is 2.08. The van der Waals surface area contributed by atoms with E-state index in [0.29, 0.717) is 21.2 Å². The monoisotopic (exact) mass is 434 g/mol. The molecule has 2 aromatic rings. The highest BCUT2D eigenvalue weighted by Crippen LogP contribution is 2.34. The number of aryl methyl sites for hydroxylation is 2. The molecule has 0 aliphatic rings. The predicted molar refractivity (Wildman–Crippen MR) is 118 cm³/mol. The maximum Gasteiger partial charge on any atom is 0.341 e. The molecular formula is C21H26N2O4S2. The number of thioether (sulfide) groups is 1. The molecule has 0 spiro atoms. The van der Waals surface area contributed by atoms with Crippen molar-refractivity contribution in [1.29, 1.82) is 0 Å². The summed E-state index contributed by atoms with van der Waals surface area (Å²) in [6, 6.07) is 6.22. The fraction of sp³-hybridized carbons (Fsp3) is 0.381. The van der Waals surface area contributed by atoms with E-state index in [2.05, 4.69) is 36.6 Å². The number of amides is 2. The lowest BCUT2D eigenvalue weighted by Gasteiger charge is -2.08. The number of rotatable bonds is 8. The quantitative estimate of drug-likeness (QED) is 0.477. The lowest BCUT2D eigenvalue weighted by atomic mass is 10.1. The highest BCUT2D eigenvalue weighted by atomic mass is 32.2. The van der Waals surface area contributed by atoms with Crippen molar-refractivity contribution in [2.45, 2.75) is 39.0 Å². The average Bonchev–Trinajstić information content (AvgIpc) is 3.00. The van der Waals surface area contributed by atoms with Crippen LogP contribution < -0.4 is 10.6 Å². The molecule has 0 saturated carbocycles. The summed E-state index contributed by atoms with van der Waals surface area (Å²) in [6.45, 7) is 7.73. The van der Waals surface area contributed by atoms with Gasteiger partial charge in [0.2, 0.25) is 5.91 Å². The minimum atomic E-state index is -0.545. The number of anilines is 1. The van der Waals surface area contributed by atoms with Crippen molar-refractivity contribution in [3.63, 3.8) is 0 Å². The topological polar surface area (TPSA) is 84.5 Å². The number of esters is 1. The van der Waals surface area contributed by atoms with E-state index in [4.69, 9.17) is 4.74 Å². The molecule has 8 heteroatoms. The molecule has 1 aromatic heterocycles. The SMILES string of the molecule is CCOC(=O)c1c(NC(=O)CCSc2ccc(C)c(C)c2)sc(C(=O)NC)c1C. The van der Waals surface area contributed by atoms with Crippen LogP contribution in [0, 0.1) is 20.8 Å². The molecule has 0 atom stereocenters. The maximum atomic E-state index is 12.4. The van der Waals surface area contributed by atoms with Crippen LogP contribution in [0.2, 0.25) is 0 Å². The second-order valence-corrected chi connectivity index (χ2v) is 8.64. The molecule has 0 unspecified atom stereocenters. The average molecular weight is 435 g/mol.